The maximum Gasteiger partial charge on any atom is 0.315 e. The minimum Gasteiger partial charge on any atom is -0.408 e. The molecule has 0 spiro atoms. The predicted octanol–water partition coefficient (Wildman–Crippen LogP) is 3.19. The number of rotatable bonds is 6. The lowest BCUT2D eigenvalue weighted by Crippen LogP contribution is -2.08. The van der Waals surface area contributed by atoms with Gasteiger partial charge in [-0.25, -0.2) is 0 Å². The standard InChI is InChI=1S/C17H19N5O/c1-2-5-13(6-3-1)11-22-12-14(10-19-22)9-18-17-21-20-16(23-17)15-7-4-8-15/h1-3,5-6,10,12,15H,4,7-9,11H2,(H,18,21). The molecule has 0 radical (unpaired) electrons. The van der Waals surface area contributed by atoms with Crippen molar-refractivity contribution >= 4 is 6.01 Å². The zero-order chi connectivity index (χ0) is 15.5. The van der Waals surface area contributed by atoms with Gasteiger partial charge in [-0.1, -0.05) is 41.9 Å². The Balaban J connectivity index is 1.33. The van der Waals surface area contributed by atoms with Crippen molar-refractivity contribution in [2.24, 2.45) is 0 Å². The van der Waals surface area contributed by atoms with Crippen LogP contribution in [0.1, 0.15) is 42.2 Å². The van der Waals surface area contributed by atoms with Crippen molar-refractivity contribution in [2.45, 2.75) is 38.3 Å². The molecule has 1 aliphatic carbocycles. The Hall–Kier alpha value is -2.63. The van der Waals surface area contributed by atoms with Crippen LogP contribution >= 0.6 is 0 Å². The van der Waals surface area contributed by atoms with Crippen LogP contribution in [0.5, 0.6) is 0 Å². The fourth-order valence-electron chi connectivity index (χ4n) is 2.66. The number of nitrogens with one attached hydrogen (secondary N) is 1. The molecule has 0 saturated heterocycles. The van der Waals surface area contributed by atoms with E-state index in [9.17, 15) is 0 Å². The zero-order valence-corrected chi connectivity index (χ0v) is 12.9. The summed E-state index contributed by atoms with van der Waals surface area (Å²) in [5, 5.41) is 15.7. The zero-order valence-electron chi connectivity index (χ0n) is 12.9. The van der Waals surface area contributed by atoms with Crippen molar-refractivity contribution < 1.29 is 4.42 Å². The lowest BCUT2D eigenvalue weighted by atomic mass is 9.85. The summed E-state index contributed by atoms with van der Waals surface area (Å²) >= 11 is 0. The Morgan fingerprint density at radius 2 is 2.00 bits per heavy atom. The van der Waals surface area contributed by atoms with E-state index in [1.54, 1.807) is 0 Å². The summed E-state index contributed by atoms with van der Waals surface area (Å²) in [4.78, 5) is 0. The second kappa shape index (κ2) is 6.24. The fourth-order valence-corrected chi connectivity index (χ4v) is 2.66. The molecule has 0 aliphatic heterocycles. The second-order valence-electron chi connectivity index (χ2n) is 5.96. The summed E-state index contributed by atoms with van der Waals surface area (Å²) in [6.07, 6.45) is 7.47. The van der Waals surface area contributed by atoms with Crippen molar-refractivity contribution in [2.75, 3.05) is 5.32 Å². The number of hydrogen-bond acceptors (Lipinski definition) is 5. The van der Waals surface area contributed by atoms with Crippen molar-refractivity contribution in [3.8, 4) is 0 Å². The van der Waals surface area contributed by atoms with E-state index in [-0.39, 0.29) is 0 Å². The molecular weight excluding hydrogens is 290 g/mol. The molecule has 0 unspecified atom stereocenters. The van der Waals surface area contributed by atoms with E-state index in [0.29, 0.717) is 18.5 Å². The normalized spacial score (nSPS) is 14.6. The highest BCUT2D eigenvalue weighted by atomic mass is 16.4. The molecule has 23 heavy (non-hydrogen) atoms. The van der Waals surface area contributed by atoms with E-state index < -0.39 is 0 Å². The van der Waals surface area contributed by atoms with Crippen LogP contribution in [0.3, 0.4) is 0 Å². The molecule has 2 heterocycles. The first-order chi connectivity index (χ1) is 11.4. The third-order valence-corrected chi connectivity index (χ3v) is 4.21. The molecule has 1 saturated carbocycles. The van der Waals surface area contributed by atoms with E-state index in [0.717, 1.165) is 30.8 Å². The summed E-state index contributed by atoms with van der Waals surface area (Å²) in [5.41, 5.74) is 2.32. The molecule has 6 nitrogen and oxygen atoms in total. The topological polar surface area (TPSA) is 68.8 Å². The van der Waals surface area contributed by atoms with Crippen LogP contribution < -0.4 is 5.32 Å². The van der Waals surface area contributed by atoms with Gasteiger partial charge in [0.05, 0.1) is 12.7 Å². The minimum atomic E-state index is 0.465. The first kappa shape index (κ1) is 14.0. The molecule has 2 aromatic heterocycles. The van der Waals surface area contributed by atoms with E-state index in [2.05, 4.69) is 32.7 Å². The van der Waals surface area contributed by atoms with E-state index >= 15 is 0 Å². The van der Waals surface area contributed by atoms with Gasteiger partial charge in [-0.05, 0) is 18.4 Å². The highest BCUT2D eigenvalue weighted by Crippen LogP contribution is 2.35. The molecule has 0 amide bonds. The molecule has 6 heteroatoms. The number of hydrogen-bond donors (Lipinski definition) is 1. The molecular formula is C17H19N5O. The summed E-state index contributed by atoms with van der Waals surface area (Å²) in [6, 6.07) is 10.8. The van der Waals surface area contributed by atoms with Gasteiger partial charge in [0.2, 0.25) is 5.89 Å². The van der Waals surface area contributed by atoms with Crippen LogP contribution in [0.4, 0.5) is 6.01 Å². The molecule has 1 fully saturated rings. The molecule has 1 aliphatic rings. The largest absolute Gasteiger partial charge is 0.408 e. The minimum absolute atomic E-state index is 0.465. The molecule has 4 rings (SSSR count). The summed E-state index contributed by atoms with van der Waals surface area (Å²) in [5.74, 6) is 1.23. The van der Waals surface area contributed by atoms with Gasteiger partial charge in [-0.15, -0.1) is 5.10 Å². The number of anilines is 1. The van der Waals surface area contributed by atoms with Crippen LogP contribution in [-0.2, 0) is 13.1 Å². The van der Waals surface area contributed by atoms with Gasteiger partial charge in [0.25, 0.3) is 0 Å². The average molecular weight is 309 g/mol. The monoisotopic (exact) mass is 309 g/mol. The van der Waals surface area contributed by atoms with Crippen molar-refractivity contribution in [3.63, 3.8) is 0 Å². The maximum atomic E-state index is 5.65. The van der Waals surface area contributed by atoms with Gasteiger partial charge in [0.1, 0.15) is 0 Å². The Morgan fingerprint density at radius 3 is 2.78 bits per heavy atom. The van der Waals surface area contributed by atoms with Crippen LogP contribution in [0.25, 0.3) is 0 Å². The van der Waals surface area contributed by atoms with Gasteiger partial charge in [-0.3, -0.25) is 4.68 Å². The maximum absolute atomic E-state index is 5.65. The lowest BCUT2D eigenvalue weighted by molar-refractivity contribution is 0.338. The second-order valence-corrected chi connectivity index (χ2v) is 5.96. The Bertz CT molecular complexity index is 760. The van der Waals surface area contributed by atoms with Crippen LogP contribution in [0, 0.1) is 0 Å². The van der Waals surface area contributed by atoms with Gasteiger partial charge in [-0.2, -0.15) is 5.10 Å². The van der Waals surface area contributed by atoms with Crippen LogP contribution in [-0.4, -0.2) is 20.0 Å². The van der Waals surface area contributed by atoms with Gasteiger partial charge in [0.15, 0.2) is 0 Å². The predicted molar refractivity (Wildman–Crippen MR) is 86.0 cm³/mol. The molecule has 3 aromatic rings. The average Bonchev–Trinajstić information content (AvgIpc) is 3.14. The Kier molecular flexibility index (Phi) is 3.80. The molecule has 118 valence electrons. The van der Waals surface area contributed by atoms with E-state index in [1.807, 2.05) is 35.3 Å². The Labute approximate surface area is 134 Å². The smallest absolute Gasteiger partial charge is 0.315 e. The SMILES string of the molecule is c1ccc(Cn2cc(CNc3nnc(C4CCC4)o3)cn2)cc1. The summed E-state index contributed by atoms with van der Waals surface area (Å²) < 4.78 is 7.58. The third-order valence-electron chi connectivity index (χ3n) is 4.21. The van der Waals surface area contributed by atoms with Crippen LogP contribution in [0.2, 0.25) is 0 Å². The fraction of sp³-hybridized carbons (Fsp3) is 0.353. The van der Waals surface area contributed by atoms with Crippen molar-refractivity contribution in [3.05, 3.63) is 59.7 Å². The number of benzene rings is 1. The molecule has 1 N–H and O–H groups in total. The first-order valence-electron chi connectivity index (χ1n) is 7.99. The van der Waals surface area contributed by atoms with Gasteiger partial charge < -0.3 is 9.73 Å². The highest BCUT2D eigenvalue weighted by molar-refractivity contribution is 5.22. The molecule has 1 aromatic carbocycles. The first-order valence-corrected chi connectivity index (χ1v) is 7.99. The number of aromatic nitrogens is 4. The molecule has 0 atom stereocenters. The third kappa shape index (κ3) is 3.26. The lowest BCUT2D eigenvalue weighted by Gasteiger charge is -2.20. The van der Waals surface area contributed by atoms with Gasteiger partial charge >= 0.3 is 6.01 Å². The van der Waals surface area contributed by atoms with E-state index in [4.69, 9.17) is 4.42 Å². The van der Waals surface area contributed by atoms with Crippen molar-refractivity contribution in [1.29, 1.82) is 0 Å². The summed E-state index contributed by atoms with van der Waals surface area (Å²) in [7, 11) is 0. The number of nitrogens with zero attached hydrogens (tertiary/aromatic N) is 4. The van der Waals surface area contributed by atoms with Crippen molar-refractivity contribution in [1.82, 2.24) is 20.0 Å². The summed E-state index contributed by atoms with van der Waals surface area (Å²) in [6.45, 7) is 1.40. The van der Waals surface area contributed by atoms with Gasteiger partial charge in [0, 0.05) is 24.2 Å². The van der Waals surface area contributed by atoms with E-state index in [1.165, 1.54) is 12.0 Å². The Morgan fingerprint density at radius 1 is 1.13 bits per heavy atom. The quantitative estimate of drug-likeness (QED) is 0.757. The highest BCUT2D eigenvalue weighted by Gasteiger charge is 2.25. The van der Waals surface area contributed by atoms with Crippen LogP contribution in [0.15, 0.2) is 47.1 Å². The molecule has 0 bridgehead atoms.